The number of thiazole rings is 1. The van der Waals surface area contributed by atoms with Crippen LogP contribution >= 0.6 is 11.3 Å². The van der Waals surface area contributed by atoms with Gasteiger partial charge in [-0.2, -0.15) is 4.52 Å². The largest absolute Gasteiger partial charge is 0.492 e. The van der Waals surface area contributed by atoms with Crippen LogP contribution in [0.2, 0.25) is 0 Å². The Morgan fingerprint density at radius 1 is 1.39 bits per heavy atom. The number of quaternary nitrogens is 1. The zero-order chi connectivity index (χ0) is 19.8. The first-order valence-electron chi connectivity index (χ1n) is 9.40. The lowest BCUT2D eigenvalue weighted by atomic mass is 10.0. The minimum atomic E-state index is -0.309. The predicted molar refractivity (Wildman–Crippen MR) is 103 cm³/mol. The first-order valence-corrected chi connectivity index (χ1v) is 10.2. The molecule has 28 heavy (non-hydrogen) atoms. The first-order chi connectivity index (χ1) is 13.5. The summed E-state index contributed by atoms with van der Waals surface area (Å²) in [5, 5.41) is 15.2. The van der Waals surface area contributed by atoms with Crippen LogP contribution in [-0.4, -0.2) is 56.7 Å². The topological polar surface area (TPSA) is 75.2 Å². The molecule has 148 valence electrons. The van der Waals surface area contributed by atoms with Crippen LogP contribution in [0, 0.1) is 5.82 Å². The Bertz CT molecular complexity index is 1010. The fourth-order valence-electron chi connectivity index (χ4n) is 3.78. The molecule has 9 heteroatoms. The molecule has 0 radical (unpaired) electrons. The number of halogens is 1. The number of carbonyl (C=O) groups is 1. The molecule has 1 fully saturated rings. The van der Waals surface area contributed by atoms with Gasteiger partial charge < -0.3 is 14.9 Å². The van der Waals surface area contributed by atoms with Gasteiger partial charge in [-0.25, -0.2) is 9.37 Å². The summed E-state index contributed by atoms with van der Waals surface area (Å²) in [5.41, 5.74) is 0.793. The third-order valence-electron chi connectivity index (χ3n) is 5.26. The molecule has 0 unspecified atom stereocenters. The van der Waals surface area contributed by atoms with E-state index in [0.29, 0.717) is 43.4 Å². The summed E-state index contributed by atoms with van der Waals surface area (Å²) >= 11 is 1.39. The van der Waals surface area contributed by atoms with E-state index in [1.165, 1.54) is 32.9 Å². The third kappa shape index (κ3) is 3.35. The maximum Gasteiger partial charge on any atom is 0.235 e. The van der Waals surface area contributed by atoms with Crippen LogP contribution in [0.3, 0.4) is 0 Å². The van der Waals surface area contributed by atoms with E-state index in [9.17, 15) is 14.3 Å². The van der Waals surface area contributed by atoms with Crippen LogP contribution in [0.4, 0.5) is 4.39 Å². The molecule has 1 aliphatic rings. The van der Waals surface area contributed by atoms with Crippen molar-refractivity contribution in [2.45, 2.75) is 26.3 Å². The molecule has 1 atom stereocenters. The van der Waals surface area contributed by atoms with Gasteiger partial charge in [0.15, 0.2) is 11.9 Å². The Labute approximate surface area is 166 Å². The molecule has 1 amide bonds. The van der Waals surface area contributed by atoms with Gasteiger partial charge in [0.25, 0.3) is 0 Å². The Balaban J connectivity index is 1.74. The van der Waals surface area contributed by atoms with E-state index in [0.717, 1.165) is 10.4 Å². The highest BCUT2D eigenvalue weighted by atomic mass is 32.1. The van der Waals surface area contributed by atoms with Crippen molar-refractivity contribution in [3.8, 4) is 5.88 Å². The highest BCUT2D eigenvalue weighted by Crippen LogP contribution is 2.35. The number of nitrogens with zero attached hydrogens (tertiary/aromatic N) is 4. The SMILES string of the molecule is CCc1nc2sc([C@@H](c3cccc(F)c3)[NH+]3CCN(C(C)=O)CC3)c(O)n2n1. The molecule has 7 nitrogen and oxygen atoms in total. The normalized spacial score (nSPS) is 16.6. The zero-order valence-electron chi connectivity index (χ0n) is 15.9. The van der Waals surface area contributed by atoms with Crippen molar-refractivity contribution in [3.63, 3.8) is 0 Å². The summed E-state index contributed by atoms with van der Waals surface area (Å²) < 4.78 is 15.4. The van der Waals surface area contributed by atoms with Crippen LogP contribution in [0.5, 0.6) is 5.88 Å². The molecule has 0 spiro atoms. The van der Waals surface area contributed by atoms with E-state index in [2.05, 4.69) is 10.1 Å². The molecular weight excluding hydrogens is 381 g/mol. The quantitative estimate of drug-likeness (QED) is 0.681. The molecule has 2 aromatic heterocycles. The number of aromatic hydroxyl groups is 1. The minimum absolute atomic E-state index is 0.0583. The number of rotatable bonds is 4. The van der Waals surface area contributed by atoms with Crippen LogP contribution in [-0.2, 0) is 11.2 Å². The Morgan fingerprint density at radius 2 is 2.14 bits per heavy atom. The summed E-state index contributed by atoms with van der Waals surface area (Å²) in [6.07, 6.45) is 0.689. The number of hydrogen-bond donors (Lipinski definition) is 2. The van der Waals surface area contributed by atoms with Gasteiger partial charge in [0.1, 0.15) is 10.7 Å². The molecule has 0 bridgehead atoms. The van der Waals surface area contributed by atoms with E-state index in [1.807, 2.05) is 17.9 Å². The molecule has 0 saturated carbocycles. The van der Waals surface area contributed by atoms with Crippen LogP contribution < -0.4 is 4.90 Å². The van der Waals surface area contributed by atoms with E-state index >= 15 is 0 Å². The zero-order valence-corrected chi connectivity index (χ0v) is 16.7. The van der Waals surface area contributed by atoms with E-state index in [1.54, 1.807) is 13.0 Å². The number of aromatic nitrogens is 3. The maximum absolute atomic E-state index is 14.0. The van der Waals surface area contributed by atoms with Crippen LogP contribution in [0.25, 0.3) is 4.96 Å². The number of benzene rings is 1. The molecule has 0 aliphatic carbocycles. The Kier molecular flexibility index (Phi) is 5.03. The number of fused-ring (bicyclic) bond motifs is 1. The lowest BCUT2D eigenvalue weighted by Gasteiger charge is -2.36. The van der Waals surface area contributed by atoms with E-state index in [4.69, 9.17) is 0 Å². The van der Waals surface area contributed by atoms with Crippen LogP contribution in [0.15, 0.2) is 24.3 Å². The van der Waals surface area contributed by atoms with Crippen molar-refractivity contribution in [2.24, 2.45) is 0 Å². The number of hydrogen-bond acceptors (Lipinski definition) is 5. The van der Waals surface area contributed by atoms with Gasteiger partial charge in [-0.05, 0) is 12.1 Å². The van der Waals surface area contributed by atoms with E-state index < -0.39 is 0 Å². The van der Waals surface area contributed by atoms with Gasteiger partial charge in [0.2, 0.25) is 16.7 Å². The van der Waals surface area contributed by atoms with Crippen molar-refractivity contribution in [1.29, 1.82) is 0 Å². The molecule has 1 saturated heterocycles. The van der Waals surface area contributed by atoms with Gasteiger partial charge in [-0.3, -0.25) is 4.79 Å². The van der Waals surface area contributed by atoms with Crippen molar-refractivity contribution in [2.75, 3.05) is 26.2 Å². The van der Waals surface area contributed by atoms with Crippen molar-refractivity contribution < 1.29 is 19.2 Å². The molecule has 1 aliphatic heterocycles. The van der Waals surface area contributed by atoms with Crippen molar-refractivity contribution >= 4 is 22.2 Å². The highest BCUT2D eigenvalue weighted by molar-refractivity contribution is 7.17. The summed E-state index contributed by atoms with van der Waals surface area (Å²) in [4.78, 5) is 20.5. The predicted octanol–water partition coefficient (Wildman–Crippen LogP) is 1.03. The fraction of sp³-hybridized carbons (Fsp3) is 0.421. The number of aryl methyl sites for hydroxylation is 1. The second-order valence-electron chi connectivity index (χ2n) is 7.02. The average molecular weight is 404 g/mol. The smallest absolute Gasteiger partial charge is 0.235 e. The van der Waals surface area contributed by atoms with Crippen LogP contribution in [0.1, 0.15) is 36.2 Å². The molecule has 1 aromatic carbocycles. The monoisotopic (exact) mass is 404 g/mol. The molecule has 3 aromatic rings. The van der Waals surface area contributed by atoms with Crippen molar-refractivity contribution in [3.05, 3.63) is 46.3 Å². The molecular formula is C19H23FN5O2S+. The summed E-state index contributed by atoms with van der Waals surface area (Å²) in [6.45, 7) is 6.25. The van der Waals surface area contributed by atoms with Crippen molar-refractivity contribution in [1.82, 2.24) is 19.5 Å². The second-order valence-corrected chi connectivity index (χ2v) is 8.03. The second kappa shape index (κ2) is 7.48. The van der Waals surface area contributed by atoms with Gasteiger partial charge >= 0.3 is 0 Å². The highest BCUT2D eigenvalue weighted by Gasteiger charge is 2.35. The van der Waals surface area contributed by atoms with Gasteiger partial charge in [0.05, 0.1) is 26.2 Å². The molecule has 4 rings (SSSR count). The van der Waals surface area contributed by atoms with Gasteiger partial charge in [-0.15, -0.1) is 5.10 Å². The van der Waals surface area contributed by atoms with Gasteiger partial charge in [0, 0.05) is 18.9 Å². The first kappa shape index (κ1) is 18.8. The lowest BCUT2D eigenvalue weighted by molar-refractivity contribution is -0.929. The lowest BCUT2D eigenvalue weighted by Crippen LogP contribution is -3.15. The average Bonchev–Trinajstić information content (AvgIpc) is 3.22. The molecule has 3 heterocycles. The number of piperazine rings is 1. The maximum atomic E-state index is 14.0. The standard InChI is InChI=1S/C19H22FN5O2S/c1-3-15-21-19-25(22-15)18(27)17(28-19)16(13-5-4-6-14(20)11-13)24-9-7-23(8-10-24)12(2)26/h4-6,11,16,27H,3,7-10H2,1-2H3/p+1/t16-/m1/s1. The fourth-order valence-corrected chi connectivity index (χ4v) is 4.94. The molecule has 2 N–H and O–H groups in total. The van der Waals surface area contributed by atoms with Gasteiger partial charge in [-0.1, -0.05) is 30.4 Å². The van der Waals surface area contributed by atoms with E-state index in [-0.39, 0.29) is 23.6 Å². The summed E-state index contributed by atoms with van der Waals surface area (Å²) in [5.74, 6) is 0.493. The Morgan fingerprint density at radius 3 is 2.75 bits per heavy atom. The number of amides is 1. The summed E-state index contributed by atoms with van der Waals surface area (Å²) in [7, 11) is 0. The summed E-state index contributed by atoms with van der Waals surface area (Å²) in [6, 6.07) is 6.25. The number of nitrogens with one attached hydrogen (secondary N) is 1. The Hall–Kier alpha value is -2.52. The third-order valence-corrected chi connectivity index (χ3v) is 6.35. The minimum Gasteiger partial charge on any atom is -0.492 e. The number of carbonyl (C=O) groups excluding carboxylic acids is 1.